The third kappa shape index (κ3) is 3.59. The largest absolute Gasteiger partial charge is 0.467 e. The lowest BCUT2D eigenvalue weighted by Gasteiger charge is -2.28. The van der Waals surface area contributed by atoms with Gasteiger partial charge in [-0.3, -0.25) is 9.48 Å². The van der Waals surface area contributed by atoms with E-state index in [9.17, 15) is 9.59 Å². The summed E-state index contributed by atoms with van der Waals surface area (Å²) in [6.45, 7) is 9.94. The summed E-state index contributed by atoms with van der Waals surface area (Å²) in [4.78, 5) is 24.2. The minimum Gasteiger partial charge on any atom is -0.467 e. The summed E-state index contributed by atoms with van der Waals surface area (Å²) in [6.07, 6.45) is 0. The number of hydrogen-bond donors (Lipinski definition) is 1. The van der Waals surface area contributed by atoms with Crippen LogP contribution in [0.3, 0.4) is 0 Å². The number of amides is 1. The summed E-state index contributed by atoms with van der Waals surface area (Å²) < 4.78 is 6.37. The third-order valence-electron chi connectivity index (χ3n) is 3.01. The van der Waals surface area contributed by atoms with Gasteiger partial charge in [-0.1, -0.05) is 20.8 Å². The summed E-state index contributed by atoms with van der Waals surface area (Å²) in [5.74, 6) is -0.775. The van der Waals surface area contributed by atoms with Crippen molar-refractivity contribution >= 4 is 11.9 Å². The molecule has 1 N–H and O–H groups in total. The van der Waals surface area contributed by atoms with Crippen LogP contribution in [-0.2, 0) is 16.1 Å². The lowest BCUT2D eigenvalue weighted by molar-refractivity contribution is -0.145. The Balaban J connectivity index is 2.99. The summed E-state index contributed by atoms with van der Waals surface area (Å²) in [6, 6.07) is 0.996. The number of aromatic nitrogens is 2. The van der Waals surface area contributed by atoms with Gasteiger partial charge in [0.05, 0.1) is 12.8 Å². The number of carbonyl (C=O) groups excluding carboxylic acids is 2. The fourth-order valence-corrected chi connectivity index (χ4v) is 1.92. The molecule has 112 valence electrons. The lowest BCUT2D eigenvalue weighted by atomic mass is 9.86. The van der Waals surface area contributed by atoms with E-state index in [-0.39, 0.29) is 5.91 Å². The first kappa shape index (κ1) is 16.2. The molecule has 20 heavy (non-hydrogen) atoms. The summed E-state index contributed by atoms with van der Waals surface area (Å²) in [7, 11) is 1.31. The summed E-state index contributed by atoms with van der Waals surface area (Å²) in [5.41, 5.74) is 0.778. The molecule has 0 unspecified atom stereocenters. The summed E-state index contributed by atoms with van der Waals surface area (Å²) in [5, 5.41) is 6.96. The monoisotopic (exact) mass is 281 g/mol. The molecule has 0 radical (unpaired) electrons. The molecule has 0 fully saturated rings. The van der Waals surface area contributed by atoms with E-state index in [2.05, 4.69) is 10.4 Å². The minimum atomic E-state index is -0.708. The maximum absolute atomic E-state index is 12.3. The first-order chi connectivity index (χ1) is 9.20. The maximum Gasteiger partial charge on any atom is 0.328 e. The fraction of sp³-hybridized carbons (Fsp3) is 0.643. The second-order valence-corrected chi connectivity index (χ2v) is 5.78. The molecule has 0 bridgehead atoms. The predicted octanol–water partition coefficient (Wildman–Crippen LogP) is 1.53. The maximum atomic E-state index is 12.3. The van der Waals surface area contributed by atoms with Crippen LogP contribution in [0.25, 0.3) is 0 Å². The molecule has 1 aromatic rings. The van der Waals surface area contributed by atoms with E-state index in [0.29, 0.717) is 12.2 Å². The number of ether oxygens (including phenoxy) is 1. The molecule has 1 rings (SSSR count). The van der Waals surface area contributed by atoms with Crippen LogP contribution >= 0.6 is 0 Å². The molecule has 6 nitrogen and oxygen atoms in total. The summed E-state index contributed by atoms with van der Waals surface area (Å²) >= 11 is 0. The molecular formula is C14H23N3O3. The van der Waals surface area contributed by atoms with E-state index < -0.39 is 17.4 Å². The first-order valence-corrected chi connectivity index (χ1v) is 6.63. The number of carbonyl (C=O) groups is 2. The van der Waals surface area contributed by atoms with Crippen molar-refractivity contribution in [1.29, 1.82) is 0 Å². The molecule has 1 amide bonds. The molecule has 0 saturated carbocycles. The number of esters is 1. The van der Waals surface area contributed by atoms with Crippen LogP contribution in [-0.4, -0.2) is 34.8 Å². The highest BCUT2D eigenvalue weighted by atomic mass is 16.5. The molecule has 0 spiro atoms. The van der Waals surface area contributed by atoms with Gasteiger partial charge < -0.3 is 10.1 Å². The van der Waals surface area contributed by atoms with Crippen LogP contribution in [0.15, 0.2) is 6.07 Å². The molecule has 0 aliphatic carbocycles. The van der Waals surface area contributed by atoms with Gasteiger partial charge in [0.25, 0.3) is 5.91 Å². The second kappa shape index (κ2) is 6.07. The van der Waals surface area contributed by atoms with Gasteiger partial charge in [0.2, 0.25) is 0 Å². The minimum absolute atomic E-state index is 0.322. The predicted molar refractivity (Wildman–Crippen MR) is 75.4 cm³/mol. The third-order valence-corrected chi connectivity index (χ3v) is 3.01. The quantitative estimate of drug-likeness (QED) is 0.849. The van der Waals surface area contributed by atoms with E-state index in [1.54, 1.807) is 10.7 Å². The van der Waals surface area contributed by atoms with E-state index >= 15 is 0 Å². The van der Waals surface area contributed by atoms with Gasteiger partial charge in [-0.05, 0) is 25.3 Å². The number of aryl methyl sites for hydroxylation is 2. The zero-order chi connectivity index (χ0) is 15.5. The van der Waals surface area contributed by atoms with Crippen molar-refractivity contribution in [3.05, 3.63) is 17.5 Å². The van der Waals surface area contributed by atoms with Gasteiger partial charge in [0.15, 0.2) is 0 Å². The van der Waals surface area contributed by atoms with Crippen molar-refractivity contribution in [2.75, 3.05) is 7.11 Å². The number of hydrogen-bond acceptors (Lipinski definition) is 4. The van der Waals surface area contributed by atoms with E-state index in [1.165, 1.54) is 7.11 Å². The second-order valence-electron chi connectivity index (χ2n) is 5.78. The normalized spacial score (nSPS) is 12.9. The van der Waals surface area contributed by atoms with Crippen molar-refractivity contribution in [1.82, 2.24) is 15.1 Å². The Morgan fingerprint density at radius 3 is 2.50 bits per heavy atom. The van der Waals surface area contributed by atoms with Crippen LogP contribution < -0.4 is 5.32 Å². The van der Waals surface area contributed by atoms with E-state index in [1.807, 2.05) is 34.6 Å². The average molecular weight is 281 g/mol. The van der Waals surface area contributed by atoms with E-state index in [4.69, 9.17) is 4.74 Å². The van der Waals surface area contributed by atoms with Crippen LogP contribution in [0.2, 0.25) is 0 Å². The van der Waals surface area contributed by atoms with Crippen molar-refractivity contribution in [2.45, 2.75) is 47.2 Å². The molecule has 0 aliphatic rings. The zero-order valence-electron chi connectivity index (χ0n) is 13.0. The van der Waals surface area contributed by atoms with Gasteiger partial charge in [-0.25, -0.2) is 4.79 Å². The highest BCUT2D eigenvalue weighted by molar-refractivity contribution is 5.95. The molecule has 0 aromatic carbocycles. The van der Waals surface area contributed by atoms with Gasteiger partial charge >= 0.3 is 5.97 Å². The van der Waals surface area contributed by atoms with Crippen molar-refractivity contribution in [2.24, 2.45) is 5.41 Å². The van der Waals surface area contributed by atoms with Crippen molar-refractivity contribution in [3.63, 3.8) is 0 Å². The van der Waals surface area contributed by atoms with Crippen LogP contribution in [0, 0.1) is 12.3 Å². The Labute approximate surface area is 119 Å². The molecule has 1 aromatic heterocycles. The Hall–Kier alpha value is -1.85. The topological polar surface area (TPSA) is 73.2 Å². The Morgan fingerprint density at radius 1 is 1.45 bits per heavy atom. The van der Waals surface area contributed by atoms with Crippen LogP contribution in [0.1, 0.15) is 43.9 Å². The number of nitrogens with zero attached hydrogens (tertiary/aromatic N) is 2. The van der Waals surface area contributed by atoms with Crippen LogP contribution in [0.4, 0.5) is 0 Å². The zero-order valence-corrected chi connectivity index (χ0v) is 13.0. The SMILES string of the molecule is CCn1nc(C)cc1C(=O)N[C@H](C(=O)OC)C(C)(C)C. The molecule has 0 aliphatic heterocycles. The van der Waals surface area contributed by atoms with Gasteiger partial charge in [-0.2, -0.15) is 5.10 Å². The standard InChI is InChI=1S/C14H23N3O3/c1-7-17-10(8-9(2)16-17)12(18)15-11(13(19)20-6)14(3,4)5/h8,11H,7H2,1-6H3,(H,15,18)/t11-/m1/s1. The smallest absolute Gasteiger partial charge is 0.328 e. The molecule has 6 heteroatoms. The highest BCUT2D eigenvalue weighted by Gasteiger charge is 2.34. The molecule has 0 saturated heterocycles. The fourth-order valence-electron chi connectivity index (χ4n) is 1.92. The van der Waals surface area contributed by atoms with Gasteiger partial charge in [0, 0.05) is 6.54 Å². The number of rotatable bonds is 4. The van der Waals surface area contributed by atoms with E-state index in [0.717, 1.165) is 5.69 Å². The Bertz CT molecular complexity index is 500. The first-order valence-electron chi connectivity index (χ1n) is 6.63. The Morgan fingerprint density at radius 2 is 2.05 bits per heavy atom. The number of nitrogens with one attached hydrogen (secondary N) is 1. The van der Waals surface area contributed by atoms with Crippen molar-refractivity contribution in [3.8, 4) is 0 Å². The van der Waals surface area contributed by atoms with Crippen LogP contribution in [0.5, 0.6) is 0 Å². The Kier molecular flexibility index (Phi) is 4.92. The lowest BCUT2D eigenvalue weighted by Crippen LogP contribution is -2.50. The number of methoxy groups -OCH3 is 1. The van der Waals surface area contributed by atoms with Crippen molar-refractivity contribution < 1.29 is 14.3 Å². The molecule has 1 atom stereocenters. The van der Waals surface area contributed by atoms with Gasteiger partial charge in [-0.15, -0.1) is 0 Å². The highest BCUT2D eigenvalue weighted by Crippen LogP contribution is 2.21. The molecule has 1 heterocycles. The molecular weight excluding hydrogens is 258 g/mol. The average Bonchev–Trinajstić information content (AvgIpc) is 2.74. The van der Waals surface area contributed by atoms with Gasteiger partial charge in [0.1, 0.15) is 11.7 Å².